The molecule has 0 bridgehead atoms. The van der Waals surface area contributed by atoms with Crippen molar-refractivity contribution in [3.05, 3.63) is 42.7 Å². The molecule has 1 heterocycles. The molecule has 0 saturated heterocycles. The zero-order valence-electron chi connectivity index (χ0n) is 10.7. The van der Waals surface area contributed by atoms with Crippen LogP contribution in [0.4, 0.5) is 10.5 Å². The van der Waals surface area contributed by atoms with E-state index in [1.165, 1.54) is 6.20 Å². The lowest BCUT2D eigenvalue weighted by molar-refractivity contribution is 0.108. The molecule has 7 heteroatoms. The Kier molecular flexibility index (Phi) is 4.96. The number of aliphatic hydroxyl groups excluding tert-OH is 1. The van der Waals surface area contributed by atoms with Gasteiger partial charge in [0.2, 0.25) is 0 Å². The molecule has 2 amide bonds. The van der Waals surface area contributed by atoms with Crippen molar-refractivity contribution in [2.45, 2.75) is 6.10 Å². The Morgan fingerprint density at radius 3 is 2.90 bits per heavy atom. The second kappa shape index (κ2) is 7.15. The monoisotopic (exact) mass is 276 g/mol. The zero-order chi connectivity index (χ0) is 14.2. The summed E-state index contributed by atoms with van der Waals surface area (Å²) >= 11 is 0. The number of ether oxygens (including phenoxy) is 1. The van der Waals surface area contributed by atoms with Crippen LogP contribution >= 0.6 is 0 Å². The maximum atomic E-state index is 11.5. The average molecular weight is 276 g/mol. The topological polar surface area (TPSA) is 99.3 Å². The number of aliphatic hydroxyl groups is 1. The molecule has 106 valence electrons. The number of hydrogen-bond acceptors (Lipinski definition) is 4. The van der Waals surface area contributed by atoms with Gasteiger partial charge in [0.05, 0.1) is 11.9 Å². The van der Waals surface area contributed by atoms with Gasteiger partial charge in [0.1, 0.15) is 18.5 Å². The molecule has 7 nitrogen and oxygen atoms in total. The number of nitrogens with one attached hydrogen (secondary N) is 3. The van der Waals surface area contributed by atoms with E-state index in [1.807, 2.05) is 18.2 Å². The van der Waals surface area contributed by atoms with Crippen molar-refractivity contribution in [3.63, 3.8) is 0 Å². The second-order valence-corrected chi connectivity index (χ2v) is 4.10. The van der Waals surface area contributed by atoms with Gasteiger partial charge in [-0.05, 0) is 12.1 Å². The molecule has 0 fully saturated rings. The molecular weight excluding hydrogens is 260 g/mol. The zero-order valence-corrected chi connectivity index (χ0v) is 10.7. The highest BCUT2D eigenvalue weighted by Crippen LogP contribution is 2.08. The van der Waals surface area contributed by atoms with Gasteiger partial charge < -0.3 is 20.5 Å². The first-order chi connectivity index (χ1) is 9.74. The van der Waals surface area contributed by atoms with Crippen molar-refractivity contribution in [1.82, 2.24) is 15.5 Å². The normalized spacial score (nSPS) is 11.7. The van der Waals surface area contributed by atoms with Crippen LogP contribution in [0.5, 0.6) is 5.75 Å². The highest BCUT2D eigenvalue weighted by atomic mass is 16.5. The Morgan fingerprint density at radius 1 is 1.40 bits per heavy atom. The standard InChI is InChI=1S/C13H16N4O3/c18-11(9-20-12-4-2-1-3-5-12)8-14-13(19)17-10-6-15-16-7-10/h1-7,11,18H,8-9H2,(H,15,16)(H2,14,17,19). The molecule has 0 aliphatic rings. The van der Waals surface area contributed by atoms with Crippen LogP contribution in [0.25, 0.3) is 0 Å². The van der Waals surface area contributed by atoms with E-state index >= 15 is 0 Å². The quantitative estimate of drug-likeness (QED) is 0.631. The molecule has 0 radical (unpaired) electrons. The number of benzene rings is 1. The molecule has 2 aromatic rings. The Hall–Kier alpha value is -2.54. The first-order valence-electron chi connectivity index (χ1n) is 6.13. The van der Waals surface area contributed by atoms with Gasteiger partial charge in [-0.1, -0.05) is 18.2 Å². The number of anilines is 1. The fraction of sp³-hybridized carbons (Fsp3) is 0.231. The molecular formula is C13H16N4O3. The number of aromatic nitrogens is 2. The van der Waals surface area contributed by atoms with Crippen molar-refractivity contribution in [1.29, 1.82) is 0 Å². The largest absolute Gasteiger partial charge is 0.491 e. The van der Waals surface area contributed by atoms with Gasteiger partial charge in [-0.15, -0.1) is 0 Å². The van der Waals surface area contributed by atoms with E-state index in [-0.39, 0.29) is 13.2 Å². The number of amides is 2. The Morgan fingerprint density at radius 2 is 2.20 bits per heavy atom. The number of aromatic amines is 1. The van der Waals surface area contributed by atoms with Crippen LogP contribution in [0.1, 0.15) is 0 Å². The summed E-state index contributed by atoms with van der Waals surface area (Å²) in [5.41, 5.74) is 0.553. The van der Waals surface area contributed by atoms with Crippen LogP contribution in [0.3, 0.4) is 0 Å². The molecule has 20 heavy (non-hydrogen) atoms. The summed E-state index contributed by atoms with van der Waals surface area (Å²) in [6.45, 7) is 0.201. The molecule has 1 aromatic carbocycles. The molecule has 1 aromatic heterocycles. The van der Waals surface area contributed by atoms with Gasteiger partial charge in [-0.3, -0.25) is 5.10 Å². The van der Waals surface area contributed by atoms with Crippen molar-refractivity contribution in [2.75, 3.05) is 18.5 Å². The predicted octanol–water partition coefficient (Wildman–Crippen LogP) is 0.971. The fourth-order valence-corrected chi connectivity index (χ4v) is 1.47. The highest BCUT2D eigenvalue weighted by Gasteiger charge is 2.08. The highest BCUT2D eigenvalue weighted by molar-refractivity contribution is 5.88. The van der Waals surface area contributed by atoms with Gasteiger partial charge in [-0.2, -0.15) is 5.10 Å². The third-order valence-electron chi connectivity index (χ3n) is 2.44. The number of para-hydroxylation sites is 1. The number of nitrogens with zero attached hydrogens (tertiary/aromatic N) is 1. The van der Waals surface area contributed by atoms with Crippen LogP contribution in [0.15, 0.2) is 42.7 Å². The first-order valence-corrected chi connectivity index (χ1v) is 6.13. The lowest BCUT2D eigenvalue weighted by atomic mass is 10.3. The average Bonchev–Trinajstić information content (AvgIpc) is 2.97. The van der Waals surface area contributed by atoms with Gasteiger partial charge >= 0.3 is 6.03 Å². The van der Waals surface area contributed by atoms with E-state index < -0.39 is 12.1 Å². The molecule has 1 atom stereocenters. The minimum atomic E-state index is -0.787. The summed E-state index contributed by atoms with van der Waals surface area (Å²) in [5.74, 6) is 0.675. The Balaban J connectivity index is 1.64. The van der Waals surface area contributed by atoms with Crippen LogP contribution < -0.4 is 15.4 Å². The van der Waals surface area contributed by atoms with Crippen LogP contribution in [-0.4, -0.2) is 40.6 Å². The number of urea groups is 1. The third-order valence-corrected chi connectivity index (χ3v) is 2.44. The number of hydrogen-bond donors (Lipinski definition) is 4. The van der Waals surface area contributed by atoms with E-state index in [9.17, 15) is 9.90 Å². The molecule has 1 unspecified atom stereocenters. The van der Waals surface area contributed by atoms with Gasteiger partial charge in [-0.25, -0.2) is 4.79 Å². The van der Waals surface area contributed by atoms with E-state index in [2.05, 4.69) is 20.8 Å². The Labute approximate surface area is 116 Å². The van der Waals surface area contributed by atoms with Crippen LogP contribution in [0, 0.1) is 0 Å². The molecule has 2 rings (SSSR count). The van der Waals surface area contributed by atoms with Crippen molar-refractivity contribution in [3.8, 4) is 5.75 Å². The SMILES string of the molecule is O=C(NCC(O)COc1ccccc1)Nc1cn[nH]c1. The van der Waals surface area contributed by atoms with E-state index in [0.29, 0.717) is 11.4 Å². The number of carbonyl (C=O) groups is 1. The van der Waals surface area contributed by atoms with E-state index in [1.54, 1.807) is 18.3 Å². The van der Waals surface area contributed by atoms with Crippen molar-refractivity contribution in [2.24, 2.45) is 0 Å². The third kappa shape index (κ3) is 4.62. The molecule has 4 N–H and O–H groups in total. The summed E-state index contributed by atoms with van der Waals surface area (Å²) in [4.78, 5) is 11.5. The lowest BCUT2D eigenvalue weighted by Crippen LogP contribution is -2.37. The van der Waals surface area contributed by atoms with Gasteiger partial charge in [0.15, 0.2) is 0 Å². The predicted molar refractivity (Wildman–Crippen MR) is 73.6 cm³/mol. The van der Waals surface area contributed by atoms with E-state index in [0.717, 1.165) is 0 Å². The maximum Gasteiger partial charge on any atom is 0.319 e. The fourth-order valence-electron chi connectivity index (χ4n) is 1.47. The van der Waals surface area contributed by atoms with Crippen molar-refractivity contribution >= 4 is 11.7 Å². The molecule has 0 saturated carbocycles. The summed E-state index contributed by atoms with van der Waals surface area (Å²) in [6.07, 6.45) is 2.24. The summed E-state index contributed by atoms with van der Waals surface area (Å²) < 4.78 is 5.37. The van der Waals surface area contributed by atoms with Crippen molar-refractivity contribution < 1.29 is 14.6 Å². The summed E-state index contributed by atoms with van der Waals surface area (Å²) in [5, 5.41) is 21.1. The first kappa shape index (κ1) is 13.9. The molecule has 0 aliphatic heterocycles. The Bertz CT molecular complexity index is 516. The molecule has 0 aliphatic carbocycles. The number of carbonyl (C=O) groups excluding carboxylic acids is 1. The van der Waals surface area contributed by atoms with Crippen LogP contribution in [0.2, 0.25) is 0 Å². The number of rotatable bonds is 6. The molecule has 0 spiro atoms. The van der Waals surface area contributed by atoms with Gasteiger partial charge in [0.25, 0.3) is 0 Å². The summed E-state index contributed by atoms with van der Waals surface area (Å²) in [6, 6.07) is 8.75. The number of H-pyrrole nitrogens is 1. The van der Waals surface area contributed by atoms with Gasteiger partial charge in [0, 0.05) is 12.7 Å². The minimum absolute atomic E-state index is 0.0938. The summed E-state index contributed by atoms with van der Waals surface area (Å²) in [7, 11) is 0. The van der Waals surface area contributed by atoms with Crippen LogP contribution in [-0.2, 0) is 0 Å². The lowest BCUT2D eigenvalue weighted by Gasteiger charge is -2.13. The second-order valence-electron chi connectivity index (χ2n) is 4.10. The van der Waals surface area contributed by atoms with E-state index in [4.69, 9.17) is 4.74 Å². The minimum Gasteiger partial charge on any atom is -0.491 e. The maximum absolute atomic E-state index is 11.5. The smallest absolute Gasteiger partial charge is 0.319 e.